The molecule has 0 spiro atoms. The van der Waals surface area contributed by atoms with Crippen LogP contribution >= 0.6 is 0 Å². The van der Waals surface area contributed by atoms with E-state index in [1.165, 1.54) is 17.4 Å². The molecule has 3 N–H and O–H groups in total. The lowest BCUT2D eigenvalue weighted by Gasteiger charge is -2.42. The lowest BCUT2D eigenvalue weighted by molar-refractivity contribution is 0.0981. The molecular formula is C30H38FN9O2S. The molecule has 13 heteroatoms. The molecule has 0 aliphatic carbocycles. The standard InChI is InChI=1S/C30H38FN9O2S/c1-37-16-18-39(19-17-37)22-11-14-40(15-12-22)26-9-8-21(20-24(26)31)33-30-35-28-23(10-13-32-28)29(36-30)34-25-6-4-5-7-27(25)38(2)43(3,41)42/h4-10,13,20,22H,11-12,14-19H2,1-3H3,(H3,32,33,34,35,36). The molecule has 43 heavy (non-hydrogen) atoms. The average Bonchev–Trinajstić information content (AvgIpc) is 3.46. The molecule has 228 valence electrons. The van der Waals surface area contributed by atoms with Crippen molar-refractivity contribution in [3.8, 4) is 0 Å². The molecule has 4 heterocycles. The number of nitrogens with one attached hydrogen (secondary N) is 3. The van der Waals surface area contributed by atoms with Gasteiger partial charge in [0.1, 0.15) is 17.3 Å². The number of rotatable bonds is 8. The van der Waals surface area contributed by atoms with Crippen LogP contribution in [0.4, 0.5) is 38.9 Å². The van der Waals surface area contributed by atoms with Crippen molar-refractivity contribution in [2.75, 3.05) is 79.5 Å². The van der Waals surface area contributed by atoms with Gasteiger partial charge in [0, 0.05) is 64.2 Å². The topological polar surface area (TPSA) is 113 Å². The molecule has 0 unspecified atom stereocenters. The number of H-pyrrole nitrogens is 1. The van der Waals surface area contributed by atoms with Crippen LogP contribution in [0.3, 0.4) is 0 Å². The first kappa shape index (κ1) is 29.1. The fourth-order valence-corrected chi connectivity index (χ4v) is 6.40. The number of fused-ring (bicyclic) bond motifs is 1. The molecule has 6 rings (SSSR count). The van der Waals surface area contributed by atoms with Crippen molar-refractivity contribution in [3.05, 3.63) is 60.5 Å². The number of aromatic nitrogens is 3. The third-order valence-electron chi connectivity index (χ3n) is 8.47. The van der Waals surface area contributed by atoms with Crippen LogP contribution < -0.4 is 19.8 Å². The molecule has 2 aromatic heterocycles. The summed E-state index contributed by atoms with van der Waals surface area (Å²) in [6.07, 6.45) is 4.98. The van der Waals surface area contributed by atoms with Crippen LogP contribution in [0.5, 0.6) is 0 Å². The van der Waals surface area contributed by atoms with E-state index in [1.807, 2.05) is 24.3 Å². The first-order valence-corrected chi connectivity index (χ1v) is 16.4. The SMILES string of the molecule is CN1CCN(C2CCN(c3ccc(Nc4nc(Nc5ccccc5N(C)S(C)(=O)=O)c5cc[nH]c5n4)cc3F)CC2)CC1. The molecule has 11 nitrogen and oxygen atoms in total. The number of anilines is 6. The highest BCUT2D eigenvalue weighted by atomic mass is 32.2. The number of halogens is 1. The third-order valence-corrected chi connectivity index (χ3v) is 9.66. The van der Waals surface area contributed by atoms with Gasteiger partial charge in [-0.15, -0.1) is 0 Å². The molecule has 0 saturated carbocycles. The summed E-state index contributed by atoms with van der Waals surface area (Å²) < 4.78 is 41.1. The Morgan fingerprint density at radius 1 is 0.977 bits per heavy atom. The second-order valence-corrected chi connectivity index (χ2v) is 13.4. The van der Waals surface area contributed by atoms with Crippen LogP contribution in [0.1, 0.15) is 12.8 Å². The van der Waals surface area contributed by atoms with Gasteiger partial charge in [-0.05, 0) is 56.3 Å². The van der Waals surface area contributed by atoms with Gasteiger partial charge in [0.05, 0.1) is 28.7 Å². The summed E-state index contributed by atoms with van der Waals surface area (Å²) in [5, 5.41) is 7.14. The Kier molecular flexibility index (Phi) is 8.12. The number of hydrogen-bond donors (Lipinski definition) is 3. The second kappa shape index (κ2) is 12.0. The van der Waals surface area contributed by atoms with Crippen molar-refractivity contribution in [2.45, 2.75) is 18.9 Å². The van der Waals surface area contributed by atoms with Gasteiger partial charge in [0.15, 0.2) is 0 Å². The number of likely N-dealkylation sites (N-methyl/N-ethyl adjacent to an activating group) is 1. The molecule has 2 aliphatic rings. The van der Waals surface area contributed by atoms with Crippen molar-refractivity contribution in [3.63, 3.8) is 0 Å². The highest BCUT2D eigenvalue weighted by Crippen LogP contribution is 2.33. The van der Waals surface area contributed by atoms with E-state index in [2.05, 4.69) is 47.3 Å². The van der Waals surface area contributed by atoms with E-state index in [1.54, 1.807) is 24.4 Å². The number of aromatic amines is 1. The minimum absolute atomic E-state index is 0.270. The third kappa shape index (κ3) is 6.38. The maximum atomic E-state index is 15.4. The number of piperidine rings is 1. The number of hydrogen-bond acceptors (Lipinski definition) is 9. The molecule has 2 aromatic carbocycles. The summed E-state index contributed by atoms with van der Waals surface area (Å²) in [4.78, 5) is 19.4. The van der Waals surface area contributed by atoms with Crippen molar-refractivity contribution in [1.29, 1.82) is 0 Å². The second-order valence-electron chi connectivity index (χ2n) is 11.4. The van der Waals surface area contributed by atoms with Crippen LogP contribution in [-0.4, -0.2) is 98.8 Å². The maximum absolute atomic E-state index is 15.4. The van der Waals surface area contributed by atoms with Crippen molar-refractivity contribution >= 4 is 55.6 Å². The van der Waals surface area contributed by atoms with Crippen molar-refractivity contribution < 1.29 is 12.8 Å². The van der Waals surface area contributed by atoms with E-state index in [0.717, 1.165) is 63.8 Å². The number of benzene rings is 2. The quantitative estimate of drug-likeness (QED) is 0.271. The Morgan fingerprint density at radius 2 is 1.72 bits per heavy atom. The van der Waals surface area contributed by atoms with Gasteiger partial charge in [-0.1, -0.05) is 12.1 Å². The Labute approximate surface area is 251 Å². The van der Waals surface area contributed by atoms with E-state index in [-0.39, 0.29) is 11.8 Å². The Bertz CT molecular complexity index is 1700. The molecule has 0 amide bonds. The number of piperazine rings is 1. The van der Waals surface area contributed by atoms with E-state index >= 15 is 4.39 Å². The average molecular weight is 608 g/mol. The predicted octanol–water partition coefficient (Wildman–Crippen LogP) is 4.20. The van der Waals surface area contributed by atoms with E-state index in [4.69, 9.17) is 0 Å². The first-order chi connectivity index (χ1) is 20.7. The van der Waals surface area contributed by atoms with Gasteiger partial charge in [0.2, 0.25) is 16.0 Å². The highest BCUT2D eigenvalue weighted by molar-refractivity contribution is 7.92. The number of nitrogens with zero attached hydrogens (tertiary/aromatic N) is 6. The number of para-hydroxylation sites is 2. The molecule has 2 fully saturated rings. The normalized spacial score (nSPS) is 17.3. The summed E-state index contributed by atoms with van der Waals surface area (Å²) in [7, 11) is 0.196. The van der Waals surface area contributed by atoms with Gasteiger partial charge < -0.3 is 25.4 Å². The first-order valence-electron chi connectivity index (χ1n) is 14.5. The summed E-state index contributed by atoms with van der Waals surface area (Å²) in [6.45, 7) is 6.09. The fraction of sp³-hybridized carbons (Fsp3) is 0.400. The summed E-state index contributed by atoms with van der Waals surface area (Å²) in [5.41, 5.74) is 2.76. The Morgan fingerprint density at radius 3 is 2.44 bits per heavy atom. The fourth-order valence-electron chi connectivity index (χ4n) is 5.88. The number of sulfonamides is 1. The summed E-state index contributed by atoms with van der Waals surface area (Å²) >= 11 is 0. The van der Waals surface area contributed by atoms with Crippen LogP contribution in [0, 0.1) is 5.82 Å². The van der Waals surface area contributed by atoms with Gasteiger partial charge in [-0.3, -0.25) is 9.21 Å². The zero-order valence-electron chi connectivity index (χ0n) is 24.7. The van der Waals surface area contributed by atoms with Crippen LogP contribution in [-0.2, 0) is 10.0 Å². The molecular weight excluding hydrogens is 569 g/mol. The van der Waals surface area contributed by atoms with E-state index in [9.17, 15) is 8.42 Å². The summed E-state index contributed by atoms with van der Waals surface area (Å²) in [6, 6.07) is 14.6. The maximum Gasteiger partial charge on any atom is 0.232 e. The van der Waals surface area contributed by atoms with Gasteiger partial charge in [-0.25, -0.2) is 12.8 Å². The molecule has 0 bridgehead atoms. The van der Waals surface area contributed by atoms with Gasteiger partial charge in [0.25, 0.3) is 0 Å². The molecule has 0 radical (unpaired) electrons. The van der Waals surface area contributed by atoms with Gasteiger partial charge in [-0.2, -0.15) is 9.97 Å². The summed E-state index contributed by atoms with van der Waals surface area (Å²) in [5.74, 6) is 0.454. The Balaban J connectivity index is 1.17. The predicted molar refractivity (Wildman–Crippen MR) is 171 cm³/mol. The zero-order valence-corrected chi connectivity index (χ0v) is 25.5. The van der Waals surface area contributed by atoms with Crippen LogP contribution in [0.2, 0.25) is 0 Å². The van der Waals surface area contributed by atoms with Crippen LogP contribution in [0.15, 0.2) is 54.7 Å². The van der Waals surface area contributed by atoms with E-state index in [0.29, 0.717) is 40.3 Å². The van der Waals surface area contributed by atoms with E-state index < -0.39 is 10.0 Å². The monoisotopic (exact) mass is 607 g/mol. The molecule has 2 saturated heterocycles. The highest BCUT2D eigenvalue weighted by Gasteiger charge is 2.27. The van der Waals surface area contributed by atoms with Crippen molar-refractivity contribution in [1.82, 2.24) is 24.8 Å². The minimum atomic E-state index is -3.48. The molecule has 4 aromatic rings. The lowest BCUT2D eigenvalue weighted by Crippen LogP contribution is -2.52. The van der Waals surface area contributed by atoms with Gasteiger partial charge >= 0.3 is 0 Å². The largest absolute Gasteiger partial charge is 0.369 e. The Hall–Kier alpha value is -3.94. The van der Waals surface area contributed by atoms with Crippen molar-refractivity contribution in [2.24, 2.45) is 0 Å². The van der Waals surface area contributed by atoms with Crippen LogP contribution in [0.25, 0.3) is 11.0 Å². The minimum Gasteiger partial charge on any atom is -0.369 e. The molecule has 0 atom stereocenters. The zero-order chi connectivity index (χ0) is 30.1. The molecule has 2 aliphatic heterocycles. The lowest BCUT2D eigenvalue weighted by atomic mass is 10.0. The smallest absolute Gasteiger partial charge is 0.232 e.